The van der Waals surface area contributed by atoms with Crippen molar-refractivity contribution in [2.24, 2.45) is 0 Å². The van der Waals surface area contributed by atoms with Gasteiger partial charge in [0, 0.05) is 23.4 Å². The molecule has 0 unspecified atom stereocenters. The molecule has 0 spiro atoms. The van der Waals surface area contributed by atoms with Crippen LogP contribution in [0.15, 0.2) is 24.3 Å². The van der Waals surface area contributed by atoms with Crippen LogP contribution in [0, 0.1) is 10.1 Å². The number of nitrogens with zero attached hydrogens (tertiary/aromatic N) is 3. The lowest BCUT2D eigenvalue weighted by atomic mass is 9.95. The summed E-state index contributed by atoms with van der Waals surface area (Å²) in [6.45, 7) is 2.07. The fourth-order valence-corrected chi connectivity index (χ4v) is 2.89. The van der Waals surface area contributed by atoms with Crippen molar-refractivity contribution in [3.8, 4) is 5.69 Å². The minimum absolute atomic E-state index is 0.0281. The van der Waals surface area contributed by atoms with Crippen LogP contribution in [-0.4, -0.2) is 27.3 Å². The van der Waals surface area contributed by atoms with E-state index in [1.165, 1.54) is 12.1 Å². The first-order valence-electron chi connectivity index (χ1n) is 7.64. The molecule has 0 saturated heterocycles. The number of esters is 1. The predicted octanol–water partition coefficient (Wildman–Crippen LogP) is 2.84. The Bertz CT molecular complexity index is 749. The average Bonchev–Trinajstić information content (AvgIpc) is 2.95. The molecule has 3 rings (SSSR count). The molecule has 120 valence electrons. The van der Waals surface area contributed by atoms with Crippen LogP contribution in [0.2, 0.25) is 0 Å². The van der Waals surface area contributed by atoms with Gasteiger partial charge in [0.1, 0.15) is 0 Å². The molecule has 0 fully saturated rings. The number of ether oxygens (including phenoxy) is 1. The Balaban J connectivity index is 2.05. The van der Waals surface area contributed by atoms with Gasteiger partial charge < -0.3 is 4.74 Å². The van der Waals surface area contributed by atoms with E-state index in [-0.39, 0.29) is 5.69 Å². The first-order chi connectivity index (χ1) is 11.1. The standard InChI is InChI=1S/C16H17N3O4/c1-2-23-16(20)15-13-5-3-4-6-14(13)18(17-15)11-7-9-12(10-8-11)19(21)22/h7-10H,2-6H2,1H3. The van der Waals surface area contributed by atoms with Crippen molar-refractivity contribution in [1.82, 2.24) is 9.78 Å². The number of hydrogen-bond acceptors (Lipinski definition) is 5. The summed E-state index contributed by atoms with van der Waals surface area (Å²) in [4.78, 5) is 22.4. The molecule has 1 aliphatic rings. The monoisotopic (exact) mass is 315 g/mol. The zero-order chi connectivity index (χ0) is 16.4. The quantitative estimate of drug-likeness (QED) is 0.492. The van der Waals surface area contributed by atoms with Gasteiger partial charge in [0.25, 0.3) is 5.69 Å². The summed E-state index contributed by atoms with van der Waals surface area (Å²) in [6.07, 6.45) is 3.69. The number of carbonyl (C=O) groups is 1. The van der Waals surface area contributed by atoms with Gasteiger partial charge in [0.2, 0.25) is 0 Å². The molecule has 7 heteroatoms. The SMILES string of the molecule is CCOC(=O)c1nn(-c2ccc([N+](=O)[O-])cc2)c2c1CCCC2. The molecular weight excluding hydrogens is 298 g/mol. The molecule has 0 radical (unpaired) electrons. The van der Waals surface area contributed by atoms with Crippen molar-refractivity contribution in [1.29, 1.82) is 0 Å². The molecule has 0 N–H and O–H groups in total. The number of nitro benzene ring substituents is 1. The Kier molecular flexibility index (Phi) is 4.10. The van der Waals surface area contributed by atoms with Gasteiger partial charge >= 0.3 is 5.97 Å². The van der Waals surface area contributed by atoms with E-state index in [1.807, 2.05) is 0 Å². The van der Waals surface area contributed by atoms with Crippen LogP contribution >= 0.6 is 0 Å². The summed E-state index contributed by atoms with van der Waals surface area (Å²) in [5.74, 6) is -0.411. The number of carbonyl (C=O) groups excluding carboxylic acids is 1. The van der Waals surface area contributed by atoms with Crippen LogP contribution in [0.4, 0.5) is 5.69 Å². The van der Waals surface area contributed by atoms with E-state index in [0.717, 1.165) is 36.9 Å². The van der Waals surface area contributed by atoms with Crippen LogP contribution < -0.4 is 0 Å². The van der Waals surface area contributed by atoms with Crippen LogP contribution in [-0.2, 0) is 17.6 Å². The summed E-state index contributed by atoms with van der Waals surface area (Å²) in [5.41, 5.74) is 3.03. The van der Waals surface area contributed by atoms with Gasteiger partial charge in [-0.15, -0.1) is 0 Å². The van der Waals surface area contributed by atoms with Crippen LogP contribution in [0.25, 0.3) is 5.69 Å². The lowest BCUT2D eigenvalue weighted by Crippen LogP contribution is -2.10. The molecule has 0 amide bonds. The lowest BCUT2D eigenvalue weighted by molar-refractivity contribution is -0.384. The molecule has 23 heavy (non-hydrogen) atoms. The maximum atomic E-state index is 12.1. The molecule has 0 atom stereocenters. The minimum Gasteiger partial charge on any atom is -0.461 e. The van der Waals surface area contributed by atoms with Crippen molar-refractivity contribution in [3.63, 3.8) is 0 Å². The highest BCUT2D eigenvalue weighted by Crippen LogP contribution is 2.28. The van der Waals surface area contributed by atoms with E-state index in [2.05, 4.69) is 5.10 Å². The number of non-ortho nitro benzene ring substituents is 1. The van der Waals surface area contributed by atoms with Gasteiger partial charge in [-0.1, -0.05) is 0 Å². The third-order valence-corrected chi connectivity index (χ3v) is 3.95. The molecule has 2 aromatic rings. The number of aromatic nitrogens is 2. The van der Waals surface area contributed by atoms with E-state index in [4.69, 9.17) is 4.74 Å². The zero-order valence-electron chi connectivity index (χ0n) is 12.8. The van der Waals surface area contributed by atoms with Crippen molar-refractivity contribution < 1.29 is 14.5 Å². The predicted molar refractivity (Wildman–Crippen MR) is 82.8 cm³/mol. The first kappa shape index (κ1) is 15.2. The Labute approximate surface area is 133 Å². The third kappa shape index (κ3) is 2.81. The minimum atomic E-state index is -0.438. The third-order valence-electron chi connectivity index (χ3n) is 3.95. The summed E-state index contributed by atoms with van der Waals surface area (Å²) in [7, 11) is 0. The number of benzene rings is 1. The van der Waals surface area contributed by atoms with Gasteiger partial charge in [-0.2, -0.15) is 5.10 Å². The van der Waals surface area contributed by atoms with Crippen LogP contribution in [0.3, 0.4) is 0 Å². The highest BCUT2D eigenvalue weighted by Gasteiger charge is 2.26. The van der Waals surface area contributed by atoms with Crippen LogP contribution in [0.1, 0.15) is 41.5 Å². The lowest BCUT2D eigenvalue weighted by Gasteiger charge is -2.14. The highest BCUT2D eigenvalue weighted by atomic mass is 16.6. The fraction of sp³-hybridized carbons (Fsp3) is 0.375. The molecule has 0 bridgehead atoms. The zero-order valence-corrected chi connectivity index (χ0v) is 12.8. The highest BCUT2D eigenvalue weighted by molar-refractivity contribution is 5.89. The van der Waals surface area contributed by atoms with E-state index in [1.54, 1.807) is 23.7 Å². The van der Waals surface area contributed by atoms with Gasteiger partial charge in [-0.3, -0.25) is 10.1 Å². The normalized spacial score (nSPS) is 13.4. The summed E-state index contributed by atoms with van der Waals surface area (Å²) >= 11 is 0. The second-order valence-electron chi connectivity index (χ2n) is 5.39. The van der Waals surface area contributed by atoms with Gasteiger partial charge in [-0.25, -0.2) is 9.48 Å². The molecule has 1 heterocycles. The maximum absolute atomic E-state index is 12.1. The van der Waals surface area contributed by atoms with Crippen molar-refractivity contribution in [2.45, 2.75) is 32.6 Å². The Morgan fingerprint density at radius 1 is 1.30 bits per heavy atom. The summed E-state index contributed by atoms with van der Waals surface area (Å²) in [6, 6.07) is 6.18. The average molecular weight is 315 g/mol. The van der Waals surface area contributed by atoms with Crippen molar-refractivity contribution in [2.75, 3.05) is 6.61 Å². The second-order valence-corrected chi connectivity index (χ2v) is 5.39. The van der Waals surface area contributed by atoms with E-state index in [9.17, 15) is 14.9 Å². The Morgan fingerprint density at radius 3 is 2.65 bits per heavy atom. The van der Waals surface area contributed by atoms with Crippen molar-refractivity contribution >= 4 is 11.7 Å². The summed E-state index contributed by atoms with van der Waals surface area (Å²) < 4.78 is 6.80. The summed E-state index contributed by atoms with van der Waals surface area (Å²) in [5, 5.41) is 15.2. The molecule has 7 nitrogen and oxygen atoms in total. The topological polar surface area (TPSA) is 87.3 Å². The Hall–Kier alpha value is -2.70. The van der Waals surface area contributed by atoms with E-state index in [0.29, 0.717) is 18.0 Å². The maximum Gasteiger partial charge on any atom is 0.359 e. The van der Waals surface area contributed by atoms with Gasteiger partial charge in [-0.05, 0) is 44.7 Å². The number of nitro groups is 1. The van der Waals surface area contributed by atoms with Gasteiger partial charge in [0.05, 0.1) is 17.2 Å². The molecule has 0 saturated carbocycles. The molecule has 0 aliphatic heterocycles. The van der Waals surface area contributed by atoms with E-state index < -0.39 is 10.9 Å². The van der Waals surface area contributed by atoms with Gasteiger partial charge in [0.15, 0.2) is 5.69 Å². The number of rotatable bonds is 4. The Morgan fingerprint density at radius 2 is 2.00 bits per heavy atom. The number of hydrogen-bond donors (Lipinski definition) is 0. The fourth-order valence-electron chi connectivity index (χ4n) is 2.89. The molecule has 1 aromatic heterocycles. The number of fused-ring (bicyclic) bond motifs is 1. The first-order valence-corrected chi connectivity index (χ1v) is 7.64. The molecule has 1 aromatic carbocycles. The van der Waals surface area contributed by atoms with Crippen molar-refractivity contribution in [3.05, 3.63) is 51.3 Å². The molecular formula is C16H17N3O4. The molecule has 1 aliphatic carbocycles. The van der Waals surface area contributed by atoms with E-state index >= 15 is 0 Å². The van der Waals surface area contributed by atoms with Crippen LogP contribution in [0.5, 0.6) is 0 Å². The largest absolute Gasteiger partial charge is 0.461 e. The second kappa shape index (κ2) is 6.20. The smallest absolute Gasteiger partial charge is 0.359 e.